The van der Waals surface area contributed by atoms with E-state index in [0.29, 0.717) is 18.5 Å². The summed E-state index contributed by atoms with van der Waals surface area (Å²) in [6.07, 6.45) is 2.00. The zero-order chi connectivity index (χ0) is 15.6. The average Bonchev–Trinajstić information content (AvgIpc) is 2.90. The van der Waals surface area contributed by atoms with E-state index in [0.717, 1.165) is 6.42 Å². The number of anilines is 1. The molecule has 1 amide bonds. The van der Waals surface area contributed by atoms with Crippen molar-refractivity contribution in [1.29, 1.82) is 0 Å². The van der Waals surface area contributed by atoms with Crippen LogP contribution in [0.15, 0.2) is 24.3 Å². The van der Waals surface area contributed by atoms with Gasteiger partial charge in [0.25, 0.3) is 0 Å². The van der Waals surface area contributed by atoms with Crippen LogP contribution in [0.5, 0.6) is 0 Å². The van der Waals surface area contributed by atoms with Crippen molar-refractivity contribution in [3.63, 3.8) is 0 Å². The maximum atomic E-state index is 13.3. The van der Waals surface area contributed by atoms with Crippen molar-refractivity contribution >= 4 is 17.6 Å². The molecule has 1 aromatic carbocycles. The monoisotopic (exact) mass is 293 g/mol. The molecule has 5 heteroatoms. The fraction of sp³-hybridized carbons (Fsp3) is 0.500. The summed E-state index contributed by atoms with van der Waals surface area (Å²) in [7, 11) is 1.56. The molecule has 1 aliphatic carbocycles. The molecular weight excluding hydrogens is 273 g/mol. The summed E-state index contributed by atoms with van der Waals surface area (Å²) in [6.45, 7) is 2.01. The first kappa shape index (κ1) is 15.5. The van der Waals surface area contributed by atoms with Gasteiger partial charge in [-0.2, -0.15) is 0 Å². The second-order valence-electron chi connectivity index (χ2n) is 5.67. The molecule has 0 saturated heterocycles. The van der Waals surface area contributed by atoms with Crippen LogP contribution in [0.2, 0.25) is 0 Å². The Balaban J connectivity index is 2.19. The molecule has 0 spiro atoms. The Morgan fingerprint density at radius 1 is 1.33 bits per heavy atom. The van der Waals surface area contributed by atoms with Crippen LogP contribution in [0, 0.1) is 23.6 Å². The topological polar surface area (TPSA) is 57.6 Å². The van der Waals surface area contributed by atoms with Crippen molar-refractivity contribution in [2.75, 3.05) is 11.9 Å². The first-order valence-electron chi connectivity index (χ1n) is 7.20. The van der Waals surface area contributed by atoms with Crippen LogP contribution in [-0.2, 0) is 9.59 Å². The van der Waals surface area contributed by atoms with E-state index >= 15 is 0 Å². The van der Waals surface area contributed by atoms with E-state index in [4.69, 9.17) is 0 Å². The van der Waals surface area contributed by atoms with Crippen molar-refractivity contribution in [2.24, 2.45) is 17.8 Å². The molecule has 1 unspecified atom stereocenters. The second-order valence-corrected chi connectivity index (χ2v) is 5.67. The lowest BCUT2D eigenvalue weighted by Gasteiger charge is -2.23. The van der Waals surface area contributed by atoms with Crippen molar-refractivity contribution in [2.45, 2.75) is 26.2 Å². The number of hydrogen-bond acceptors (Lipinski definition) is 2. The quantitative estimate of drug-likeness (QED) is 0.928. The molecular formula is C16H20FNO3. The van der Waals surface area contributed by atoms with E-state index in [2.05, 4.69) is 0 Å². The van der Waals surface area contributed by atoms with Crippen molar-refractivity contribution in [1.82, 2.24) is 0 Å². The van der Waals surface area contributed by atoms with E-state index < -0.39 is 23.6 Å². The highest BCUT2D eigenvalue weighted by Gasteiger charge is 2.43. The van der Waals surface area contributed by atoms with Crippen LogP contribution in [0.4, 0.5) is 10.1 Å². The Morgan fingerprint density at radius 3 is 2.57 bits per heavy atom. The predicted molar refractivity (Wildman–Crippen MR) is 77.4 cm³/mol. The maximum absolute atomic E-state index is 13.3. The summed E-state index contributed by atoms with van der Waals surface area (Å²) in [5, 5.41) is 9.31. The Hall–Kier alpha value is -1.91. The van der Waals surface area contributed by atoms with Gasteiger partial charge in [-0.1, -0.05) is 19.4 Å². The Morgan fingerprint density at radius 2 is 2.00 bits per heavy atom. The highest BCUT2D eigenvalue weighted by molar-refractivity contribution is 5.97. The molecule has 1 aliphatic rings. The number of hydrogen-bond donors (Lipinski definition) is 1. The minimum atomic E-state index is -0.919. The smallest absolute Gasteiger partial charge is 0.307 e. The molecule has 0 aromatic heterocycles. The lowest BCUT2D eigenvalue weighted by molar-refractivity contribution is -0.145. The Kier molecular flexibility index (Phi) is 4.60. The molecule has 1 N–H and O–H groups in total. The van der Waals surface area contributed by atoms with Crippen LogP contribution in [-0.4, -0.2) is 24.0 Å². The van der Waals surface area contributed by atoms with E-state index in [1.54, 1.807) is 13.1 Å². The molecule has 1 saturated carbocycles. The standard InChI is InChI=1S/C16H20FNO3/c1-3-10-7-13(14(8-10)16(20)21)15(19)18(2)12-6-4-5-11(17)9-12/h4-6,9-10,13-14H,3,7-8H2,1-2H3,(H,20,21)/t10?,13-,14+/m0/s1. The number of carbonyl (C=O) groups excluding carboxylic acids is 1. The lowest BCUT2D eigenvalue weighted by Crippen LogP contribution is -2.36. The van der Waals surface area contributed by atoms with E-state index in [1.807, 2.05) is 6.92 Å². The third-order valence-corrected chi connectivity index (χ3v) is 4.40. The largest absolute Gasteiger partial charge is 0.481 e. The number of carboxylic acid groups (broad SMARTS) is 1. The van der Waals surface area contributed by atoms with Crippen LogP contribution in [0.25, 0.3) is 0 Å². The summed E-state index contributed by atoms with van der Waals surface area (Å²) >= 11 is 0. The molecule has 0 heterocycles. The molecule has 1 fully saturated rings. The molecule has 0 aliphatic heterocycles. The summed E-state index contributed by atoms with van der Waals surface area (Å²) in [6, 6.07) is 5.76. The number of halogens is 1. The number of aliphatic carboxylic acids is 1. The summed E-state index contributed by atoms with van der Waals surface area (Å²) < 4.78 is 13.3. The normalized spacial score (nSPS) is 24.8. The van der Waals surface area contributed by atoms with Crippen LogP contribution < -0.4 is 4.90 Å². The lowest BCUT2D eigenvalue weighted by atomic mass is 9.94. The summed E-state index contributed by atoms with van der Waals surface area (Å²) in [5.74, 6) is -2.49. The van der Waals surface area contributed by atoms with Crippen molar-refractivity contribution in [3.05, 3.63) is 30.1 Å². The number of benzene rings is 1. The molecule has 0 bridgehead atoms. The van der Waals surface area contributed by atoms with Gasteiger partial charge in [0, 0.05) is 12.7 Å². The van der Waals surface area contributed by atoms with Crippen LogP contribution in [0.1, 0.15) is 26.2 Å². The SMILES string of the molecule is CCC1C[C@H](C(=O)N(C)c2cccc(F)c2)[C@H](C(=O)O)C1. The van der Waals surface area contributed by atoms with Crippen molar-refractivity contribution in [3.8, 4) is 0 Å². The number of carbonyl (C=O) groups is 2. The van der Waals surface area contributed by atoms with Gasteiger partial charge in [0.2, 0.25) is 5.91 Å². The minimum absolute atomic E-state index is 0.246. The zero-order valence-corrected chi connectivity index (χ0v) is 12.3. The van der Waals surface area contributed by atoms with Gasteiger partial charge >= 0.3 is 5.97 Å². The summed E-state index contributed by atoms with van der Waals surface area (Å²) in [4.78, 5) is 25.3. The van der Waals surface area contributed by atoms with Crippen LogP contribution in [0.3, 0.4) is 0 Å². The molecule has 2 rings (SSSR count). The first-order chi connectivity index (χ1) is 9.93. The number of carboxylic acids is 1. The average molecular weight is 293 g/mol. The predicted octanol–water partition coefficient (Wildman–Crippen LogP) is 2.93. The molecule has 114 valence electrons. The van der Waals surface area contributed by atoms with Gasteiger partial charge in [-0.25, -0.2) is 4.39 Å². The number of rotatable bonds is 4. The highest BCUT2D eigenvalue weighted by Crippen LogP contribution is 2.39. The highest BCUT2D eigenvalue weighted by atomic mass is 19.1. The fourth-order valence-electron chi connectivity index (χ4n) is 3.08. The number of amides is 1. The van der Waals surface area contributed by atoms with Gasteiger partial charge in [-0.15, -0.1) is 0 Å². The van der Waals surface area contributed by atoms with E-state index in [1.165, 1.54) is 23.1 Å². The molecule has 21 heavy (non-hydrogen) atoms. The van der Waals surface area contributed by atoms with Gasteiger partial charge < -0.3 is 10.0 Å². The molecule has 0 radical (unpaired) electrons. The minimum Gasteiger partial charge on any atom is -0.481 e. The van der Waals surface area contributed by atoms with E-state index in [-0.39, 0.29) is 11.8 Å². The molecule has 3 atom stereocenters. The molecule has 4 nitrogen and oxygen atoms in total. The third-order valence-electron chi connectivity index (χ3n) is 4.40. The van der Waals surface area contributed by atoms with Gasteiger partial charge in [-0.05, 0) is 37.0 Å². The van der Waals surface area contributed by atoms with Gasteiger partial charge in [-0.3, -0.25) is 9.59 Å². The van der Waals surface area contributed by atoms with Gasteiger partial charge in [0.05, 0.1) is 11.8 Å². The fourth-order valence-corrected chi connectivity index (χ4v) is 3.08. The van der Waals surface area contributed by atoms with Crippen LogP contribution >= 0.6 is 0 Å². The maximum Gasteiger partial charge on any atom is 0.307 e. The number of nitrogens with zero attached hydrogens (tertiary/aromatic N) is 1. The second kappa shape index (κ2) is 6.24. The molecule has 1 aromatic rings. The summed E-state index contributed by atoms with van der Waals surface area (Å²) in [5.41, 5.74) is 0.448. The van der Waals surface area contributed by atoms with Gasteiger partial charge in [0.15, 0.2) is 0 Å². The Bertz CT molecular complexity index is 546. The van der Waals surface area contributed by atoms with E-state index in [9.17, 15) is 19.1 Å². The first-order valence-corrected chi connectivity index (χ1v) is 7.20. The zero-order valence-electron chi connectivity index (χ0n) is 12.3. The Labute approximate surface area is 123 Å². The third kappa shape index (κ3) is 3.23. The van der Waals surface area contributed by atoms with Gasteiger partial charge in [0.1, 0.15) is 5.82 Å². The van der Waals surface area contributed by atoms with Crippen molar-refractivity contribution < 1.29 is 19.1 Å².